The van der Waals surface area contributed by atoms with Gasteiger partial charge < -0.3 is 0 Å². The first-order valence-electron chi connectivity index (χ1n) is 4.64. The Morgan fingerprint density at radius 3 is 2.77 bits per heavy atom. The Morgan fingerprint density at radius 1 is 1.46 bits per heavy atom. The molecule has 0 aliphatic carbocycles. The van der Waals surface area contributed by atoms with Crippen LogP contribution >= 0.6 is 11.6 Å². The molecule has 1 rings (SSSR count). The number of hydrogen-bond acceptors (Lipinski definition) is 3. The van der Waals surface area contributed by atoms with Gasteiger partial charge in [0.25, 0.3) is 0 Å². The number of alkyl halides is 1. The van der Waals surface area contributed by atoms with Gasteiger partial charge >= 0.3 is 0 Å². The largest absolute Gasteiger partial charge is 0.257 e. The van der Waals surface area contributed by atoms with Crippen molar-refractivity contribution in [1.82, 2.24) is 10.1 Å². The Hall–Kier alpha value is -0.510. The molecule has 5 heteroatoms. The normalized spacial score (nSPS) is 21.6. The summed E-state index contributed by atoms with van der Waals surface area (Å²) in [5.74, 6) is 0. The molecule has 0 saturated heterocycles. The molecule has 3 nitrogen and oxygen atoms in total. The maximum atomic E-state index is 12.7. The topological polar surface area (TPSA) is 18.8 Å². The van der Waals surface area contributed by atoms with Crippen molar-refractivity contribution in [2.45, 2.75) is 38.2 Å². The van der Waals surface area contributed by atoms with Crippen LogP contribution in [0.25, 0.3) is 0 Å². The molecule has 0 radical (unpaired) electrons. The molecule has 1 unspecified atom stereocenters. The van der Waals surface area contributed by atoms with Gasteiger partial charge in [-0.3, -0.25) is 5.01 Å². The average molecular weight is 208 g/mol. The minimum absolute atomic E-state index is 0.404. The third kappa shape index (κ3) is 3.03. The van der Waals surface area contributed by atoms with Crippen molar-refractivity contribution in [2.75, 3.05) is 6.54 Å². The summed E-state index contributed by atoms with van der Waals surface area (Å²) >= 11 is 5.69. The van der Waals surface area contributed by atoms with Crippen LogP contribution < -0.4 is 0 Å². The minimum Gasteiger partial charge on any atom is -0.257 e. The number of hydrogen-bond donors (Lipinski definition) is 0. The molecule has 1 aliphatic heterocycles. The van der Waals surface area contributed by atoms with Crippen LogP contribution in [-0.4, -0.2) is 28.6 Å². The van der Waals surface area contributed by atoms with Crippen molar-refractivity contribution in [3.8, 4) is 0 Å². The monoisotopic (exact) mass is 207 g/mol. The first kappa shape index (κ1) is 10.6. The maximum absolute atomic E-state index is 12.7. The van der Waals surface area contributed by atoms with E-state index in [2.05, 4.69) is 12.0 Å². The standard InChI is InChI=1S/C8H15ClFN3/c1-2-3-4-5-6-13-8(9)12(10)7-11-13/h7-8H,2-6H2,1H3. The Labute approximate surface area is 83.1 Å². The molecule has 0 saturated carbocycles. The van der Waals surface area contributed by atoms with Crippen LogP contribution in [0.5, 0.6) is 0 Å². The number of halogens is 2. The summed E-state index contributed by atoms with van der Waals surface area (Å²) in [5.41, 5.74) is -0.748. The van der Waals surface area contributed by atoms with Gasteiger partial charge in [0, 0.05) is 6.54 Å². The summed E-state index contributed by atoms with van der Waals surface area (Å²) in [5, 5.41) is 5.78. The van der Waals surface area contributed by atoms with E-state index < -0.39 is 5.62 Å². The zero-order valence-electron chi connectivity index (χ0n) is 7.79. The van der Waals surface area contributed by atoms with Crippen LogP contribution in [0.1, 0.15) is 32.6 Å². The van der Waals surface area contributed by atoms with E-state index in [1.807, 2.05) is 0 Å². The van der Waals surface area contributed by atoms with Crippen molar-refractivity contribution in [3.63, 3.8) is 0 Å². The molecule has 0 fully saturated rings. The quantitative estimate of drug-likeness (QED) is 0.299. The lowest BCUT2D eigenvalue weighted by atomic mass is 10.2. The molecule has 1 heterocycles. The van der Waals surface area contributed by atoms with Gasteiger partial charge in [0.1, 0.15) is 6.34 Å². The van der Waals surface area contributed by atoms with E-state index in [0.717, 1.165) is 25.7 Å². The van der Waals surface area contributed by atoms with Crippen LogP contribution in [0.2, 0.25) is 0 Å². The number of unbranched alkanes of at least 4 members (excludes halogenated alkanes) is 3. The molecule has 0 aromatic carbocycles. The van der Waals surface area contributed by atoms with E-state index in [0.29, 0.717) is 5.12 Å². The average Bonchev–Trinajstić information content (AvgIpc) is 2.43. The second kappa shape index (κ2) is 5.27. The van der Waals surface area contributed by atoms with Crippen molar-refractivity contribution >= 4 is 17.9 Å². The molecule has 0 aromatic rings. The van der Waals surface area contributed by atoms with Crippen molar-refractivity contribution in [1.29, 1.82) is 0 Å². The lowest BCUT2D eigenvalue weighted by Crippen LogP contribution is -2.30. The van der Waals surface area contributed by atoms with E-state index in [1.165, 1.54) is 12.8 Å². The molecule has 0 N–H and O–H groups in total. The van der Waals surface area contributed by atoms with E-state index in [4.69, 9.17) is 11.6 Å². The predicted octanol–water partition coefficient (Wildman–Crippen LogP) is 2.53. The summed E-state index contributed by atoms with van der Waals surface area (Å²) in [4.78, 5) is 0. The fourth-order valence-corrected chi connectivity index (χ4v) is 1.42. The SMILES string of the molecule is CCCCCCN1N=CN(F)C1Cl. The summed E-state index contributed by atoms with van der Waals surface area (Å²) in [6, 6.07) is 0. The fourth-order valence-electron chi connectivity index (χ4n) is 1.22. The molecule has 13 heavy (non-hydrogen) atoms. The summed E-state index contributed by atoms with van der Waals surface area (Å²) in [6.07, 6.45) is 5.69. The zero-order chi connectivity index (χ0) is 9.68. The number of nitrogens with zero attached hydrogens (tertiary/aromatic N) is 3. The van der Waals surface area contributed by atoms with Crippen LogP contribution in [0.4, 0.5) is 4.48 Å². The highest BCUT2D eigenvalue weighted by Crippen LogP contribution is 2.17. The van der Waals surface area contributed by atoms with Crippen molar-refractivity contribution in [2.24, 2.45) is 5.10 Å². The smallest absolute Gasteiger partial charge is 0.224 e. The van der Waals surface area contributed by atoms with Gasteiger partial charge in [-0.2, -0.15) is 10.2 Å². The maximum Gasteiger partial charge on any atom is 0.224 e. The highest BCUT2D eigenvalue weighted by atomic mass is 35.5. The number of rotatable bonds is 5. The molecule has 0 amide bonds. The molecule has 0 bridgehead atoms. The second-order valence-corrected chi connectivity index (χ2v) is 3.50. The molecule has 0 aromatic heterocycles. The lowest BCUT2D eigenvalue weighted by Gasteiger charge is -2.19. The highest BCUT2D eigenvalue weighted by Gasteiger charge is 2.24. The lowest BCUT2D eigenvalue weighted by molar-refractivity contribution is 0.0528. The van der Waals surface area contributed by atoms with Crippen molar-refractivity contribution < 1.29 is 4.48 Å². The summed E-state index contributed by atoms with van der Waals surface area (Å²) in [7, 11) is 0. The third-order valence-corrected chi connectivity index (χ3v) is 2.41. The molecule has 1 atom stereocenters. The van der Waals surface area contributed by atoms with E-state index >= 15 is 0 Å². The second-order valence-electron chi connectivity index (χ2n) is 3.11. The van der Waals surface area contributed by atoms with Crippen LogP contribution in [0.3, 0.4) is 0 Å². The summed E-state index contributed by atoms with van der Waals surface area (Å²) in [6.45, 7) is 2.88. The van der Waals surface area contributed by atoms with Gasteiger partial charge in [0.2, 0.25) is 5.62 Å². The predicted molar refractivity (Wildman–Crippen MR) is 51.9 cm³/mol. The Kier molecular flexibility index (Phi) is 4.28. The Morgan fingerprint density at radius 2 is 2.23 bits per heavy atom. The highest BCUT2D eigenvalue weighted by molar-refractivity contribution is 6.20. The summed E-state index contributed by atoms with van der Waals surface area (Å²) < 4.78 is 12.7. The van der Waals surface area contributed by atoms with Gasteiger partial charge in [-0.15, -0.1) is 0 Å². The zero-order valence-corrected chi connectivity index (χ0v) is 8.54. The molecule has 1 aliphatic rings. The van der Waals surface area contributed by atoms with E-state index in [-0.39, 0.29) is 0 Å². The molecule has 76 valence electrons. The van der Waals surface area contributed by atoms with Crippen LogP contribution in [-0.2, 0) is 0 Å². The van der Waals surface area contributed by atoms with Gasteiger partial charge in [-0.05, 0) is 6.42 Å². The van der Waals surface area contributed by atoms with Gasteiger partial charge in [-0.25, -0.2) is 0 Å². The minimum atomic E-state index is -0.748. The van der Waals surface area contributed by atoms with Gasteiger partial charge in [0.15, 0.2) is 0 Å². The van der Waals surface area contributed by atoms with E-state index in [9.17, 15) is 4.48 Å². The Balaban J connectivity index is 2.12. The van der Waals surface area contributed by atoms with Crippen molar-refractivity contribution in [3.05, 3.63) is 0 Å². The van der Waals surface area contributed by atoms with Gasteiger partial charge in [0.05, 0.1) is 0 Å². The van der Waals surface area contributed by atoms with Crippen LogP contribution in [0, 0.1) is 0 Å². The van der Waals surface area contributed by atoms with Crippen LogP contribution in [0.15, 0.2) is 5.10 Å². The molecule has 0 spiro atoms. The molecular formula is C8H15ClFN3. The number of hydrazone groups is 1. The van der Waals surface area contributed by atoms with Gasteiger partial charge in [-0.1, -0.05) is 42.3 Å². The fraction of sp³-hybridized carbons (Fsp3) is 0.875. The Bertz CT molecular complexity index is 177. The molecular weight excluding hydrogens is 193 g/mol. The first-order valence-corrected chi connectivity index (χ1v) is 5.08. The third-order valence-electron chi connectivity index (χ3n) is 2.00. The first-order chi connectivity index (χ1) is 6.25. The van der Waals surface area contributed by atoms with E-state index in [1.54, 1.807) is 5.01 Å².